The lowest BCUT2D eigenvalue weighted by atomic mass is 10.1. The Kier molecular flexibility index (Phi) is 4.69. The molecule has 0 aliphatic carbocycles. The number of rotatable bonds is 3. The summed E-state index contributed by atoms with van der Waals surface area (Å²) < 4.78 is 1.04. The van der Waals surface area contributed by atoms with E-state index in [-0.39, 0.29) is 5.78 Å². The third kappa shape index (κ3) is 4.15. The highest BCUT2D eigenvalue weighted by atomic mass is 79.9. The molecular weight excluding hydrogens is 264 g/mol. The van der Waals surface area contributed by atoms with E-state index >= 15 is 0 Å². The topological polar surface area (TPSA) is 17.1 Å². The van der Waals surface area contributed by atoms with Gasteiger partial charge in [0.15, 0.2) is 5.78 Å². The summed E-state index contributed by atoms with van der Waals surface area (Å²) in [5, 5.41) is 0. The third-order valence-electron chi connectivity index (χ3n) is 2.09. The summed E-state index contributed by atoms with van der Waals surface area (Å²) in [4.78, 5) is 11.5. The summed E-state index contributed by atoms with van der Waals surface area (Å²) in [6, 6.07) is 7.92. The molecule has 1 aromatic carbocycles. The van der Waals surface area contributed by atoms with Gasteiger partial charge in [-0.25, -0.2) is 0 Å². The van der Waals surface area contributed by atoms with Crippen molar-refractivity contribution in [3.63, 3.8) is 0 Å². The molecule has 0 atom stereocenters. The number of ketones is 1. The van der Waals surface area contributed by atoms with Crippen molar-refractivity contribution in [2.24, 2.45) is 0 Å². The molecule has 16 heavy (non-hydrogen) atoms. The Morgan fingerprint density at radius 1 is 1.06 bits per heavy atom. The van der Waals surface area contributed by atoms with Crippen LogP contribution in [0.3, 0.4) is 0 Å². The molecule has 1 nitrogen and oxygen atoms in total. The molecule has 0 bridgehead atoms. The predicted molar refractivity (Wildman–Crippen MR) is 72.2 cm³/mol. The Hall–Kier alpha value is -1.15. The molecule has 0 saturated heterocycles. The predicted octanol–water partition coefficient (Wildman–Crippen LogP) is 4.39. The van der Waals surface area contributed by atoms with Crippen LogP contribution < -0.4 is 0 Å². The van der Waals surface area contributed by atoms with E-state index in [0.29, 0.717) is 0 Å². The SMILES string of the molecule is CC(C)=CC(=O)C=C(C)c1ccc(Br)cc1. The van der Waals surface area contributed by atoms with Crippen LogP contribution in [0.15, 0.2) is 46.5 Å². The molecule has 0 amide bonds. The maximum Gasteiger partial charge on any atom is 0.178 e. The van der Waals surface area contributed by atoms with Crippen LogP contribution in [0, 0.1) is 0 Å². The van der Waals surface area contributed by atoms with Crippen LogP contribution in [0.2, 0.25) is 0 Å². The van der Waals surface area contributed by atoms with Gasteiger partial charge in [-0.15, -0.1) is 0 Å². The second-order valence-electron chi connectivity index (χ2n) is 3.96. The molecule has 1 aromatic rings. The normalized spacial score (nSPS) is 11.1. The molecule has 0 radical (unpaired) electrons. The van der Waals surface area contributed by atoms with Crippen LogP contribution in [0.4, 0.5) is 0 Å². The van der Waals surface area contributed by atoms with Gasteiger partial charge in [-0.05, 0) is 56.2 Å². The number of halogens is 1. The Labute approximate surface area is 105 Å². The van der Waals surface area contributed by atoms with Gasteiger partial charge in [0.1, 0.15) is 0 Å². The first-order valence-corrected chi connectivity index (χ1v) is 5.91. The average Bonchev–Trinajstić information content (AvgIpc) is 2.16. The summed E-state index contributed by atoms with van der Waals surface area (Å²) in [5.41, 5.74) is 3.07. The minimum atomic E-state index is 0.0421. The van der Waals surface area contributed by atoms with Crippen molar-refractivity contribution < 1.29 is 4.79 Å². The molecule has 0 aromatic heterocycles. The quantitative estimate of drug-likeness (QED) is 0.750. The number of allylic oxidation sites excluding steroid dienone is 4. The fourth-order valence-corrected chi connectivity index (χ4v) is 1.60. The average molecular weight is 279 g/mol. The zero-order valence-electron chi connectivity index (χ0n) is 9.75. The van der Waals surface area contributed by atoms with E-state index < -0.39 is 0 Å². The Bertz CT molecular complexity index is 434. The summed E-state index contributed by atoms with van der Waals surface area (Å²) in [6.45, 7) is 5.78. The van der Waals surface area contributed by atoms with Gasteiger partial charge in [0, 0.05) is 4.47 Å². The lowest BCUT2D eigenvalue weighted by molar-refractivity contribution is -0.110. The second-order valence-corrected chi connectivity index (χ2v) is 4.87. The van der Waals surface area contributed by atoms with E-state index in [1.54, 1.807) is 12.2 Å². The molecule has 0 unspecified atom stereocenters. The Morgan fingerprint density at radius 2 is 1.62 bits per heavy atom. The van der Waals surface area contributed by atoms with Crippen molar-refractivity contribution in [2.75, 3.05) is 0 Å². The Morgan fingerprint density at radius 3 is 2.12 bits per heavy atom. The van der Waals surface area contributed by atoms with E-state index in [0.717, 1.165) is 21.2 Å². The minimum absolute atomic E-state index is 0.0421. The van der Waals surface area contributed by atoms with Crippen LogP contribution in [-0.4, -0.2) is 5.78 Å². The van der Waals surface area contributed by atoms with Crippen LogP contribution in [0.1, 0.15) is 26.3 Å². The zero-order chi connectivity index (χ0) is 12.1. The number of carbonyl (C=O) groups excluding carboxylic acids is 1. The maximum absolute atomic E-state index is 11.5. The van der Waals surface area contributed by atoms with Crippen molar-refractivity contribution in [1.29, 1.82) is 0 Å². The molecule has 0 aliphatic rings. The van der Waals surface area contributed by atoms with Crippen molar-refractivity contribution in [3.05, 3.63) is 52.0 Å². The van der Waals surface area contributed by atoms with Crippen molar-refractivity contribution >= 4 is 27.3 Å². The van der Waals surface area contributed by atoms with Gasteiger partial charge < -0.3 is 0 Å². The number of hydrogen-bond donors (Lipinski definition) is 0. The van der Waals surface area contributed by atoms with Gasteiger partial charge >= 0.3 is 0 Å². The molecule has 2 heteroatoms. The first-order valence-electron chi connectivity index (χ1n) is 5.12. The van der Waals surface area contributed by atoms with E-state index in [2.05, 4.69) is 15.9 Å². The molecule has 0 aliphatic heterocycles. The maximum atomic E-state index is 11.5. The second kappa shape index (κ2) is 5.80. The van der Waals surface area contributed by atoms with Crippen LogP contribution in [0.25, 0.3) is 5.57 Å². The van der Waals surface area contributed by atoms with Gasteiger partial charge in [0.25, 0.3) is 0 Å². The number of carbonyl (C=O) groups is 1. The summed E-state index contributed by atoms with van der Waals surface area (Å²) in [7, 11) is 0. The Balaban J connectivity index is 2.89. The molecular formula is C14H15BrO. The van der Waals surface area contributed by atoms with Gasteiger partial charge in [-0.1, -0.05) is 33.6 Å². The molecule has 1 rings (SSSR count). The molecule has 0 spiro atoms. The standard InChI is InChI=1S/C14H15BrO/c1-10(2)8-14(16)9-11(3)12-4-6-13(15)7-5-12/h4-9H,1-3H3. The van der Waals surface area contributed by atoms with Gasteiger partial charge in [-0.2, -0.15) is 0 Å². The third-order valence-corrected chi connectivity index (χ3v) is 2.62. The minimum Gasteiger partial charge on any atom is -0.290 e. The van der Waals surface area contributed by atoms with E-state index in [9.17, 15) is 4.79 Å². The molecule has 0 N–H and O–H groups in total. The van der Waals surface area contributed by atoms with E-state index in [1.807, 2.05) is 45.0 Å². The van der Waals surface area contributed by atoms with Crippen LogP contribution in [-0.2, 0) is 4.79 Å². The highest BCUT2D eigenvalue weighted by Gasteiger charge is 1.98. The van der Waals surface area contributed by atoms with Crippen molar-refractivity contribution in [1.82, 2.24) is 0 Å². The largest absolute Gasteiger partial charge is 0.290 e. The lowest BCUT2D eigenvalue weighted by Gasteiger charge is -2.00. The van der Waals surface area contributed by atoms with Crippen molar-refractivity contribution in [2.45, 2.75) is 20.8 Å². The fourth-order valence-electron chi connectivity index (χ4n) is 1.34. The summed E-state index contributed by atoms with van der Waals surface area (Å²) in [6.07, 6.45) is 3.30. The van der Waals surface area contributed by atoms with E-state index in [4.69, 9.17) is 0 Å². The van der Waals surface area contributed by atoms with Gasteiger partial charge in [0.05, 0.1) is 0 Å². The summed E-state index contributed by atoms with van der Waals surface area (Å²) >= 11 is 3.38. The number of hydrogen-bond acceptors (Lipinski definition) is 1. The number of benzene rings is 1. The van der Waals surface area contributed by atoms with Gasteiger partial charge in [-0.3, -0.25) is 4.79 Å². The smallest absolute Gasteiger partial charge is 0.178 e. The van der Waals surface area contributed by atoms with Gasteiger partial charge in [0.2, 0.25) is 0 Å². The van der Waals surface area contributed by atoms with Crippen molar-refractivity contribution in [3.8, 4) is 0 Å². The van der Waals surface area contributed by atoms with Crippen LogP contribution >= 0.6 is 15.9 Å². The monoisotopic (exact) mass is 278 g/mol. The molecule has 84 valence electrons. The first-order chi connectivity index (χ1) is 7.49. The fraction of sp³-hybridized carbons (Fsp3) is 0.214. The lowest BCUT2D eigenvalue weighted by Crippen LogP contribution is -1.89. The molecule has 0 fully saturated rings. The first kappa shape index (κ1) is 12.9. The van der Waals surface area contributed by atoms with E-state index in [1.165, 1.54) is 0 Å². The molecule has 0 saturated carbocycles. The highest BCUT2D eigenvalue weighted by molar-refractivity contribution is 9.10. The highest BCUT2D eigenvalue weighted by Crippen LogP contribution is 2.17. The molecule has 0 heterocycles. The zero-order valence-corrected chi connectivity index (χ0v) is 11.3. The summed E-state index contributed by atoms with van der Waals surface area (Å²) in [5.74, 6) is 0.0421. The van der Waals surface area contributed by atoms with Crippen LogP contribution in [0.5, 0.6) is 0 Å².